The Labute approximate surface area is 188 Å². The molecule has 2 amide bonds. The minimum Gasteiger partial charge on any atom is -0.358 e. The molecular weight excluding hydrogens is 410 g/mol. The number of carbonyl (C=O) groups excluding carboxylic acids is 2. The molecule has 7 nitrogen and oxygen atoms in total. The molecule has 2 saturated heterocycles. The normalized spacial score (nSPS) is 19.3. The Hall–Kier alpha value is -2.22. The molecule has 2 aromatic heterocycles. The molecule has 0 aliphatic carbocycles. The number of thiophene rings is 1. The molecule has 4 rings (SSSR count). The molecule has 0 saturated carbocycles. The van der Waals surface area contributed by atoms with Crippen molar-refractivity contribution < 1.29 is 9.59 Å². The van der Waals surface area contributed by atoms with Crippen LogP contribution < -0.4 is 5.32 Å². The van der Waals surface area contributed by atoms with Crippen molar-refractivity contribution in [1.29, 1.82) is 0 Å². The second-order valence-corrected chi connectivity index (χ2v) is 10.1. The van der Waals surface area contributed by atoms with Gasteiger partial charge in [-0.2, -0.15) is 0 Å². The molecule has 31 heavy (non-hydrogen) atoms. The van der Waals surface area contributed by atoms with Crippen molar-refractivity contribution in [2.24, 2.45) is 5.92 Å². The van der Waals surface area contributed by atoms with Gasteiger partial charge in [-0.1, -0.05) is 12.8 Å². The molecule has 1 N–H and O–H groups in total. The van der Waals surface area contributed by atoms with Crippen LogP contribution in [-0.2, 0) is 9.59 Å². The third kappa shape index (κ3) is 4.68. The number of aromatic nitrogens is 2. The number of aryl methyl sites for hydroxylation is 2. The Morgan fingerprint density at radius 1 is 1.03 bits per heavy atom. The van der Waals surface area contributed by atoms with Gasteiger partial charge in [0.25, 0.3) is 0 Å². The van der Waals surface area contributed by atoms with Crippen LogP contribution in [0, 0.1) is 19.8 Å². The van der Waals surface area contributed by atoms with Crippen LogP contribution in [0.1, 0.15) is 55.9 Å². The summed E-state index contributed by atoms with van der Waals surface area (Å²) in [6.07, 6.45) is 7.76. The maximum Gasteiger partial charge on any atom is 0.244 e. The van der Waals surface area contributed by atoms with Gasteiger partial charge in [-0.3, -0.25) is 9.59 Å². The van der Waals surface area contributed by atoms with Crippen LogP contribution in [0.3, 0.4) is 0 Å². The summed E-state index contributed by atoms with van der Waals surface area (Å²) in [6, 6.07) is -0.379. The van der Waals surface area contributed by atoms with Crippen LogP contribution in [0.2, 0.25) is 0 Å². The standard InChI is InChI=1S/C23H33N5O2S/c1-15-17(3)31-21-19(15)20(24-14-25-21)26-16(2)22(29)28-12-8-18(9-13-28)23(30)27-10-6-4-5-7-11-27/h14,16,18H,4-13H2,1-3H3,(H,24,25,26)/t16-/m0/s1. The Morgan fingerprint density at radius 3 is 2.39 bits per heavy atom. The van der Waals surface area contributed by atoms with Crippen molar-refractivity contribution in [2.75, 3.05) is 31.5 Å². The molecule has 0 aromatic carbocycles. The first-order valence-electron chi connectivity index (χ1n) is 11.5. The second-order valence-electron chi connectivity index (χ2n) is 8.89. The van der Waals surface area contributed by atoms with Crippen molar-refractivity contribution in [3.63, 3.8) is 0 Å². The molecule has 1 atom stereocenters. The van der Waals surface area contributed by atoms with E-state index in [-0.39, 0.29) is 17.9 Å². The zero-order valence-electron chi connectivity index (χ0n) is 18.8. The van der Waals surface area contributed by atoms with E-state index in [2.05, 4.69) is 34.0 Å². The van der Waals surface area contributed by atoms with Crippen LogP contribution >= 0.6 is 11.3 Å². The molecule has 0 bridgehead atoms. The monoisotopic (exact) mass is 443 g/mol. The number of rotatable bonds is 4. The van der Waals surface area contributed by atoms with Crippen LogP contribution in [0.15, 0.2) is 6.33 Å². The molecule has 4 heterocycles. The summed E-state index contributed by atoms with van der Waals surface area (Å²) in [7, 11) is 0. The maximum atomic E-state index is 13.1. The van der Waals surface area contributed by atoms with Gasteiger partial charge < -0.3 is 15.1 Å². The fourth-order valence-corrected chi connectivity index (χ4v) is 5.73. The highest BCUT2D eigenvalue weighted by atomic mass is 32.1. The van der Waals surface area contributed by atoms with Gasteiger partial charge in [0.15, 0.2) is 0 Å². The van der Waals surface area contributed by atoms with E-state index < -0.39 is 0 Å². The van der Waals surface area contributed by atoms with E-state index in [4.69, 9.17) is 0 Å². The highest BCUT2D eigenvalue weighted by molar-refractivity contribution is 7.18. The van der Waals surface area contributed by atoms with Gasteiger partial charge in [0, 0.05) is 37.0 Å². The number of hydrogen-bond acceptors (Lipinski definition) is 6. The highest BCUT2D eigenvalue weighted by Gasteiger charge is 2.32. The van der Waals surface area contributed by atoms with E-state index in [0.29, 0.717) is 19.0 Å². The quantitative estimate of drug-likeness (QED) is 0.779. The zero-order chi connectivity index (χ0) is 22.0. The molecule has 2 aromatic rings. The molecule has 2 aliphatic rings. The lowest BCUT2D eigenvalue weighted by Gasteiger charge is -2.35. The van der Waals surface area contributed by atoms with E-state index in [1.165, 1.54) is 17.7 Å². The molecule has 2 fully saturated rings. The summed E-state index contributed by atoms with van der Waals surface area (Å²) in [5.74, 6) is 1.14. The number of piperidine rings is 1. The molecule has 0 unspecified atom stereocenters. The van der Waals surface area contributed by atoms with Gasteiger partial charge in [-0.05, 0) is 52.0 Å². The van der Waals surface area contributed by atoms with Gasteiger partial charge in [0.2, 0.25) is 11.8 Å². The zero-order valence-corrected chi connectivity index (χ0v) is 19.6. The predicted octanol–water partition coefficient (Wildman–Crippen LogP) is 3.75. The average molecular weight is 444 g/mol. The van der Waals surface area contributed by atoms with E-state index in [1.54, 1.807) is 17.7 Å². The summed E-state index contributed by atoms with van der Waals surface area (Å²) in [5.41, 5.74) is 1.16. The Kier molecular flexibility index (Phi) is 6.74. The first kappa shape index (κ1) is 22.0. The minimum absolute atomic E-state index is 0.0586. The number of anilines is 1. The van der Waals surface area contributed by atoms with Crippen molar-refractivity contribution in [3.8, 4) is 0 Å². The maximum absolute atomic E-state index is 13.1. The number of fused-ring (bicyclic) bond motifs is 1. The lowest BCUT2D eigenvalue weighted by Crippen LogP contribution is -2.48. The van der Waals surface area contributed by atoms with Gasteiger partial charge in [-0.25, -0.2) is 9.97 Å². The lowest BCUT2D eigenvalue weighted by atomic mass is 9.94. The van der Waals surface area contributed by atoms with Crippen LogP contribution in [-0.4, -0.2) is 63.8 Å². The molecular formula is C23H33N5O2S. The van der Waals surface area contributed by atoms with Gasteiger partial charge in [0.1, 0.15) is 23.0 Å². The van der Waals surface area contributed by atoms with E-state index in [0.717, 1.165) is 60.4 Å². The Bertz CT molecular complexity index is 943. The fraction of sp³-hybridized carbons (Fsp3) is 0.652. The number of likely N-dealkylation sites (tertiary alicyclic amines) is 2. The predicted molar refractivity (Wildman–Crippen MR) is 124 cm³/mol. The fourth-order valence-electron chi connectivity index (χ4n) is 4.73. The number of hydrogen-bond donors (Lipinski definition) is 1. The first-order chi connectivity index (χ1) is 15.0. The number of nitrogens with zero attached hydrogens (tertiary/aromatic N) is 4. The first-order valence-corrected chi connectivity index (χ1v) is 12.3. The van der Waals surface area contributed by atoms with Crippen LogP contribution in [0.25, 0.3) is 10.2 Å². The Morgan fingerprint density at radius 2 is 1.71 bits per heavy atom. The summed E-state index contributed by atoms with van der Waals surface area (Å²) in [4.78, 5) is 40.9. The van der Waals surface area contributed by atoms with Crippen LogP contribution in [0.5, 0.6) is 0 Å². The molecule has 0 spiro atoms. The van der Waals surface area contributed by atoms with Gasteiger partial charge >= 0.3 is 0 Å². The minimum atomic E-state index is -0.379. The average Bonchev–Trinajstić information content (AvgIpc) is 2.95. The SMILES string of the molecule is Cc1sc2ncnc(N[C@@H](C)C(=O)N3CCC(C(=O)N4CCCCCC4)CC3)c2c1C. The smallest absolute Gasteiger partial charge is 0.244 e. The number of amides is 2. The topological polar surface area (TPSA) is 78.4 Å². The third-order valence-electron chi connectivity index (χ3n) is 6.76. The second kappa shape index (κ2) is 9.51. The van der Waals surface area contributed by atoms with Crippen molar-refractivity contribution in [3.05, 3.63) is 16.8 Å². The summed E-state index contributed by atoms with van der Waals surface area (Å²) in [5, 5.41) is 4.32. The summed E-state index contributed by atoms with van der Waals surface area (Å²) >= 11 is 1.65. The van der Waals surface area contributed by atoms with E-state index in [1.807, 2.05) is 11.8 Å². The third-order valence-corrected chi connectivity index (χ3v) is 7.88. The van der Waals surface area contributed by atoms with Gasteiger partial charge in [-0.15, -0.1) is 11.3 Å². The number of carbonyl (C=O) groups is 2. The van der Waals surface area contributed by atoms with E-state index >= 15 is 0 Å². The van der Waals surface area contributed by atoms with Crippen LogP contribution in [0.4, 0.5) is 5.82 Å². The lowest BCUT2D eigenvalue weighted by molar-refractivity contribution is -0.140. The van der Waals surface area contributed by atoms with Crippen molar-refractivity contribution >= 4 is 39.2 Å². The highest BCUT2D eigenvalue weighted by Crippen LogP contribution is 2.33. The summed E-state index contributed by atoms with van der Waals surface area (Å²) < 4.78 is 0. The molecule has 2 aliphatic heterocycles. The molecule has 8 heteroatoms. The Balaban J connectivity index is 1.35. The molecule has 168 valence electrons. The largest absolute Gasteiger partial charge is 0.358 e. The van der Waals surface area contributed by atoms with Crippen molar-refractivity contribution in [2.45, 2.75) is 65.3 Å². The van der Waals surface area contributed by atoms with E-state index in [9.17, 15) is 9.59 Å². The number of nitrogens with one attached hydrogen (secondary N) is 1. The van der Waals surface area contributed by atoms with Crippen molar-refractivity contribution in [1.82, 2.24) is 19.8 Å². The molecule has 0 radical (unpaired) electrons. The van der Waals surface area contributed by atoms with Gasteiger partial charge in [0.05, 0.1) is 5.39 Å². The summed E-state index contributed by atoms with van der Waals surface area (Å²) in [6.45, 7) is 9.12.